The van der Waals surface area contributed by atoms with Crippen molar-refractivity contribution in [2.45, 2.75) is 13.1 Å². The van der Waals surface area contributed by atoms with Crippen LogP contribution in [0.25, 0.3) is 0 Å². The number of thiophene rings is 1. The third kappa shape index (κ3) is 3.23. The largest absolute Gasteiger partial charge is 0.339 e. The van der Waals surface area contributed by atoms with Crippen LogP contribution in [-0.2, 0) is 17.9 Å². The molecule has 2 aromatic heterocycles. The van der Waals surface area contributed by atoms with Crippen molar-refractivity contribution in [2.24, 2.45) is 0 Å². The molecule has 1 aliphatic heterocycles. The van der Waals surface area contributed by atoms with Crippen molar-refractivity contribution in [3.05, 3.63) is 34.8 Å². The summed E-state index contributed by atoms with van der Waals surface area (Å²) in [6, 6.07) is 2.16. The summed E-state index contributed by atoms with van der Waals surface area (Å²) in [5.74, 6) is 0.116. The highest BCUT2D eigenvalue weighted by Crippen LogP contribution is 2.11. The summed E-state index contributed by atoms with van der Waals surface area (Å²) in [5, 5.41) is 11.8. The second-order valence-electron chi connectivity index (χ2n) is 4.89. The average Bonchev–Trinajstić information content (AvgIpc) is 3.13. The van der Waals surface area contributed by atoms with Crippen LogP contribution >= 0.6 is 11.3 Å². The molecule has 0 bridgehead atoms. The maximum absolute atomic E-state index is 12.1. The fourth-order valence-electron chi connectivity index (χ4n) is 2.35. The molecule has 2 aromatic rings. The Bertz CT molecular complexity index is 531. The molecule has 0 aliphatic carbocycles. The second-order valence-corrected chi connectivity index (χ2v) is 5.67. The molecule has 0 aromatic carbocycles. The summed E-state index contributed by atoms with van der Waals surface area (Å²) >= 11 is 1.73. The number of nitrogens with zero attached hydrogens (tertiary/aromatic N) is 5. The molecular formula is C13H17N5OS. The van der Waals surface area contributed by atoms with Gasteiger partial charge in [0.1, 0.15) is 6.54 Å². The first-order valence-electron chi connectivity index (χ1n) is 6.66. The zero-order chi connectivity index (χ0) is 13.8. The number of hydrogen-bond donors (Lipinski definition) is 0. The number of rotatable bonds is 4. The summed E-state index contributed by atoms with van der Waals surface area (Å²) in [6.07, 6.45) is 3.30. The molecule has 0 N–H and O–H groups in total. The molecule has 0 atom stereocenters. The first-order chi connectivity index (χ1) is 9.81. The predicted octanol–water partition coefficient (Wildman–Crippen LogP) is 0.684. The van der Waals surface area contributed by atoms with Gasteiger partial charge >= 0.3 is 0 Å². The summed E-state index contributed by atoms with van der Waals surface area (Å²) in [7, 11) is 0. The van der Waals surface area contributed by atoms with E-state index in [9.17, 15) is 4.79 Å². The van der Waals surface area contributed by atoms with Crippen LogP contribution in [0.5, 0.6) is 0 Å². The van der Waals surface area contributed by atoms with E-state index in [-0.39, 0.29) is 12.5 Å². The Kier molecular flexibility index (Phi) is 4.08. The Balaban J connectivity index is 1.47. The van der Waals surface area contributed by atoms with Crippen LogP contribution in [0.3, 0.4) is 0 Å². The Morgan fingerprint density at radius 1 is 1.30 bits per heavy atom. The quantitative estimate of drug-likeness (QED) is 0.831. The molecule has 1 fully saturated rings. The number of carbonyl (C=O) groups is 1. The highest BCUT2D eigenvalue weighted by molar-refractivity contribution is 7.07. The molecule has 0 saturated carbocycles. The lowest BCUT2D eigenvalue weighted by molar-refractivity contribution is -0.133. The zero-order valence-electron chi connectivity index (χ0n) is 11.2. The summed E-state index contributed by atoms with van der Waals surface area (Å²) in [4.78, 5) is 16.4. The van der Waals surface area contributed by atoms with Gasteiger partial charge in [-0.25, -0.2) is 4.68 Å². The summed E-state index contributed by atoms with van der Waals surface area (Å²) in [6.45, 7) is 4.70. The van der Waals surface area contributed by atoms with Crippen molar-refractivity contribution in [3.8, 4) is 0 Å². The Hall–Kier alpha value is -1.73. The van der Waals surface area contributed by atoms with E-state index in [1.54, 1.807) is 28.4 Å². The molecule has 0 spiro atoms. The molecule has 7 heteroatoms. The minimum Gasteiger partial charge on any atom is -0.339 e. The monoisotopic (exact) mass is 291 g/mol. The second kappa shape index (κ2) is 6.15. The van der Waals surface area contributed by atoms with E-state index in [0.717, 1.165) is 32.7 Å². The molecule has 20 heavy (non-hydrogen) atoms. The zero-order valence-corrected chi connectivity index (χ0v) is 12.0. The van der Waals surface area contributed by atoms with Gasteiger partial charge in [-0.1, -0.05) is 5.21 Å². The van der Waals surface area contributed by atoms with Crippen molar-refractivity contribution in [3.63, 3.8) is 0 Å². The third-order valence-electron chi connectivity index (χ3n) is 3.48. The number of hydrogen-bond acceptors (Lipinski definition) is 5. The van der Waals surface area contributed by atoms with Gasteiger partial charge in [0, 0.05) is 38.9 Å². The van der Waals surface area contributed by atoms with E-state index in [0.29, 0.717) is 0 Å². The number of amides is 1. The van der Waals surface area contributed by atoms with Crippen molar-refractivity contribution in [1.29, 1.82) is 0 Å². The van der Waals surface area contributed by atoms with Gasteiger partial charge in [0.05, 0.1) is 6.20 Å². The highest BCUT2D eigenvalue weighted by atomic mass is 32.1. The van der Waals surface area contributed by atoms with Crippen LogP contribution in [-0.4, -0.2) is 56.9 Å². The third-order valence-corrected chi connectivity index (χ3v) is 4.21. The molecule has 6 nitrogen and oxygen atoms in total. The van der Waals surface area contributed by atoms with E-state index >= 15 is 0 Å². The number of piperazine rings is 1. The lowest BCUT2D eigenvalue weighted by Gasteiger charge is -2.34. The number of aromatic nitrogens is 3. The molecule has 1 saturated heterocycles. The van der Waals surface area contributed by atoms with Crippen LogP contribution in [0, 0.1) is 0 Å². The molecule has 0 unspecified atom stereocenters. The van der Waals surface area contributed by atoms with E-state index in [2.05, 4.69) is 32.0 Å². The van der Waals surface area contributed by atoms with Crippen LogP contribution < -0.4 is 0 Å². The first kappa shape index (κ1) is 13.3. The summed E-state index contributed by atoms with van der Waals surface area (Å²) < 4.78 is 1.57. The van der Waals surface area contributed by atoms with Gasteiger partial charge < -0.3 is 4.90 Å². The van der Waals surface area contributed by atoms with Gasteiger partial charge in [-0.3, -0.25) is 9.69 Å². The van der Waals surface area contributed by atoms with Gasteiger partial charge in [0.15, 0.2) is 0 Å². The molecular weight excluding hydrogens is 274 g/mol. The maximum Gasteiger partial charge on any atom is 0.244 e. The molecule has 3 rings (SSSR count). The van der Waals surface area contributed by atoms with E-state index in [1.807, 2.05) is 4.90 Å². The van der Waals surface area contributed by atoms with Crippen molar-refractivity contribution >= 4 is 17.2 Å². The molecule has 1 amide bonds. The normalized spacial score (nSPS) is 16.5. The van der Waals surface area contributed by atoms with E-state index in [4.69, 9.17) is 0 Å². The van der Waals surface area contributed by atoms with Crippen LogP contribution in [0.15, 0.2) is 29.2 Å². The van der Waals surface area contributed by atoms with Gasteiger partial charge in [0.25, 0.3) is 0 Å². The fraction of sp³-hybridized carbons (Fsp3) is 0.462. The predicted molar refractivity (Wildman–Crippen MR) is 76.2 cm³/mol. The van der Waals surface area contributed by atoms with Crippen molar-refractivity contribution < 1.29 is 4.79 Å². The summed E-state index contributed by atoms with van der Waals surface area (Å²) in [5.41, 5.74) is 1.36. The lowest BCUT2D eigenvalue weighted by atomic mass is 10.2. The van der Waals surface area contributed by atoms with Gasteiger partial charge in [0.2, 0.25) is 5.91 Å². The Labute approximate surface area is 121 Å². The van der Waals surface area contributed by atoms with Crippen LogP contribution in [0.1, 0.15) is 5.56 Å². The van der Waals surface area contributed by atoms with Gasteiger partial charge in [-0.05, 0) is 22.4 Å². The lowest BCUT2D eigenvalue weighted by Crippen LogP contribution is -2.49. The SMILES string of the molecule is O=C(Cn1ccnn1)N1CCN(Cc2ccsc2)CC1. The van der Waals surface area contributed by atoms with E-state index < -0.39 is 0 Å². The van der Waals surface area contributed by atoms with Crippen molar-refractivity contribution in [1.82, 2.24) is 24.8 Å². The minimum atomic E-state index is 0.116. The maximum atomic E-state index is 12.1. The Morgan fingerprint density at radius 2 is 2.15 bits per heavy atom. The molecule has 0 radical (unpaired) electrons. The van der Waals surface area contributed by atoms with Gasteiger partial charge in [-0.15, -0.1) is 5.10 Å². The smallest absolute Gasteiger partial charge is 0.244 e. The molecule has 1 aliphatic rings. The molecule has 106 valence electrons. The van der Waals surface area contributed by atoms with Crippen LogP contribution in [0.4, 0.5) is 0 Å². The topological polar surface area (TPSA) is 54.3 Å². The first-order valence-corrected chi connectivity index (χ1v) is 7.61. The minimum absolute atomic E-state index is 0.116. The Morgan fingerprint density at radius 3 is 2.80 bits per heavy atom. The van der Waals surface area contributed by atoms with Gasteiger partial charge in [-0.2, -0.15) is 11.3 Å². The van der Waals surface area contributed by atoms with Crippen LogP contribution in [0.2, 0.25) is 0 Å². The highest BCUT2D eigenvalue weighted by Gasteiger charge is 2.21. The number of carbonyl (C=O) groups excluding carboxylic acids is 1. The average molecular weight is 291 g/mol. The van der Waals surface area contributed by atoms with Crippen molar-refractivity contribution in [2.75, 3.05) is 26.2 Å². The standard InChI is InChI=1S/C13H17N5OS/c19-13(10-18-3-2-14-15-18)17-6-4-16(5-7-17)9-12-1-8-20-11-12/h1-3,8,11H,4-7,9-10H2. The van der Waals surface area contributed by atoms with E-state index in [1.165, 1.54) is 5.56 Å². The molecule has 3 heterocycles. The fourth-order valence-corrected chi connectivity index (χ4v) is 3.01.